The number of fused-ring (bicyclic) bond motifs is 12. The quantitative estimate of drug-likeness (QED) is 0.179. The predicted octanol–water partition coefficient (Wildman–Crippen LogP) is 12.6. The summed E-state index contributed by atoms with van der Waals surface area (Å²) >= 11 is 1.88. The predicted molar refractivity (Wildman–Crippen MR) is 228 cm³/mol. The molecule has 2 nitrogen and oxygen atoms in total. The number of rotatable bonds is 3. The van der Waals surface area contributed by atoms with Crippen molar-refractivity contribution < 1.29 is 4.42 Å². The molecule has 0 fully saturated rings. The number of furan rings is 1. The fourth-order valence-electron chi connectivity index (χ4n) is 9.78. The van der Waals surface area contributed by atoms with Crippen molar-refractivity contribution in [2.75, 3.05) is 0 Å². The molecule has 0 amide bonds. The van der Waals surface area contributed by atoms with Gasteiger partial charge in [0.25, 0.3) is 0 Å². The van der Waals surface area contributed by atoms with Crippen LogP contribution in [0.4, 0.5) is 0 Å². The second-order valence-electron chi connectivity index (χ2n) is 15.5. The van der Waals surface area contributed by atoms with E-state index in [1.165, 1.54) is 97.1 Å². The van der Waals surface area contributed by atoms with Gasteiger partial charge >= 0.3 is 0 Å². The molecular weight excluding hydrogens is 675 g/mol. The van der Waals surface area contributed by atoms with Crippen molar-refractivity contribution >= 4 is 75.9 Å². The highest BCUT2D eigenvalue weighted by Crippen LogP contribution is 2.50. The van der Waals surface area contributed by atoms with Crippen LogP contribution in [0, 0.1) is 0 Å². The molecule has 3 heterocycles. The van der Waals surface area contributed by atoms with Crippen LogP contribution in [-0.4, -0.2) is 4.57 Å². The molecule has 0 N–H and O–H groups in total. The molecular formula is C51H35NOS. The molecule has 256 valence electrons. The van der Waals surface area contributed by atoms with Crippen LogP contribution >= 0.6 is 11.3 Å². The summed E-state index contributed by atoms with van der Waals surface area (Å²) in [5.41, 5.74) is 16.2. The highest BCUT2D eigenvalue weighted by molar-refractivity contribution is 7.25. The first kappa shape index (κ1) is 30.3. The Kier molecular flexibility index (Phi) is 6.14. The maximum Gasteiger partial charge on any atom is 0.135 e. The van der Waals surface area contributed by atoms with E-state index in [0.29, 0.717) is 0 Å². The number of hydrogen-bond acceptors (Lipinski definition) is 2. The van der Waals surface area contributed by atoms with Crippen molar-refractivity contribution in [3.05, 3.63) is 173 Å². The third-order valence-corrected chi connectivity index (χ3v) is 13.4. The second kappa shape index (κ2) is 10.9. The van der Waals surface area contributed by atoms with E-state index in [2.05, 4.69) is 170 Å². The van der Waals surface area contributed by atoms with Gasteiger partial charge in [0.1, 0.15) is 11.0 Å². The van der Waals surface area contributed by atoms with E-state index in [9.17, 15) is 0 Å². The molecule has 2 aliphatic rings. The average molecular weight is 710 g/mol. The van der Waals surface area contributed by atoms with Gasteiger partial charge in [0.2, 0.25) is 0 Å². The Hall–Kier alpha value is -6.16. The molecule has 0 atom stereocenters. The molecule has 3 aromatic heterocycles. The van der Waals surface area contributed by atoms with Gasteiger partial charge in [-0.15, -0.1) is 11.3 Å². The van der Waals surface area contributed by atoms with Crippen molar-refractivity contribution in [1.82, 2.24) is 4.57 Å². The third-order valence-electron chi connectivity index (χ3n) is 12.3. The fourth-order valence-corrected chi connectivity index (χ4v) is 10.9. The van der Waals surface area contributed by atoms with Crippen molar-refractivity contribution in [1.29, 1.82) is 0 Å². The van der Waals surface area contributed by atoms with E-state index < -0.39 is 0 Å². The maximum atomic E-state index is 6.62. The van der Waals surface area contributed by atoms with Gasteiger partial charge in [0.05, 0.1) is 11.0 Å². The minimum atomic E-state index is -0.0357. The lowest BCUT2D eigenvalue weighted by atomic mass is 9.81. The largest absolute Gasteiger partial charge is 0.456 e. The first-order valence-corrected chi connectivity index (χ1v) is 19.8. The lowest BCUT2D eigenvalue weighted by Gasteiger charge is -2.22. The van der Waals surface area contributed by atoms with E-state index in [1.54, 1.807) is 0 Å². The van der Waals surface area contributed by atoms with E-state index in [0.717, 1.165) is 29.5 Å². The van der Waals surface area contributed by atoms with Crippen LogP contribution in [0.25, 0.3) is 92.5 Å². The van der Waals surface area contributed by atoms with E-state index in [1.807, 2.05) is 11.3 Å². The van der Waals surface area contributed by atoms with Crippen LogP contribution in [0.2, 0.25) is 0 Å². The van der Waals surface area contributed by atoms with E-state index in [-0.39, 0.29) is 5.41 Å². The molecule has 0 spiro atoms. The minimum absolute atomic E-state index is 0.0357. The summed E-state index contributed by atoms with van der Waals surface area (Å²) in [6.07, 6.45) is 4.24. The number of benzene rings is 7. The summed E-state index contributed by atoms with van der Waals surface area (Å²) in [4.78, 5) is 0. The van der Waals surface area contributed by atoms with Crippen molar-refractivity contribution in [2.24, 2.45) is 0 Å². The lowest BCUT2D eigenvalue weighted by Crippen LogP contribution is -2.26. The smallest absolute Gasteiger partial charge is 0.135 e. The number of thiophene rings is 1. The van der Waals surface area contributed by atoms with Crippen LogP contribution in [0.3, 0.4) is 0 Å². The van der Waals surface area contributed by atoms with Gasteiger partial charge in [0, 0.05) is 52.7 Å². The molecule has 10 aromatic rings. The monoisotopic (exact) mass is 709 g/mol. The zero-order valence-corrected chi connectivity index (χ0v) is 30.9. The third kappa shape index (κ3) is 4.11. The zero-order valence-electron chi connectivity index (χ0n) is 30.1. The molecule has 0 bridgehead atoms. The van der Waals surface area contributed by atoms with Crippen LogP contribution in [0.15, 0.2) is 150 Å². The van der Waals surface area contributed by atoms with Gasteiger partial charge in [-0.05, 0) is 118 Å². The molecule has 0 unspecified atom stereocenters. The van der Waals surface area contributed by atoms with Crippen LogP contribution in [0.5, 0.6) is 0 Å². The SMILES string of the molecule is CC1(C)c2ccccc2-c2ccc(-c3ccc4c(c3)c3ccccc3n4-c3ccc4oc5c(c4c3)=C(c3cccc4sc6ccccc6c34)CCC=5)cc21. The second-order valence-corrected chi connectivity index (χ2v) is 16.6. The Balaban J connectivity index is 1.05. The molecule has 12 rings (SSSR count). The van der Waals surface area contributed by atoms with Crippen LogP contribution in [-0.2, 0) is 5.41 Å². The highest BCUT2D eigenvalue weighted by Gasteiger charge is 2.35. The summed E-state index contributed by atoms with van der Waals surface area (Å²) in [5.74, 6) is 0. The number of aromatic nitrogens is 1. The minimum Gasteiger partial charge on any atom is -0.456 e. The summed E-state index contributed by atoms with van der Waals surface area (Å²) in [6.45, 7) is 4.71. The molecule has 3 heteroatoms. The van der Waals surface area contributed by atoms with Gasteiger partial charge < -0.3 is 8.98 Å². The van der Waals surface area contributed by atoms with Crippen LogP contribution < -0.4 is 10.6 Å². The molecule has 0 saturated carbocycles. The van der Waals surface area contributed by atoms with E-state index in [4.69, 9.17) is 4.42 Å². The number of nitrogens with zero attached hydrogens (tertiary/aromatic N) is 1. The highest BCUT2D eigenvalue weighted by atomic mass is 32.1. The molecule has 0 radical (unpaired) electrons. The molecule has 0 aliphatic heterocycles. The summed E-state index contributed by atoms with van der Waals surface area (Å²) in [7, 11) is 0. The fraction of sp³-hybridized carbons (Fsp3) is 0.0980. The Morgan fingerprint density at radius 1 is 0.574 bits per heavy atom. The lowest BCUT2D eigenvalue weighted by molar-refractivity contribution is 0.571. The first-order valence-electron chi connectivity index (χ1n) is 19.0. The van der Waals surface area contributed by atoms with Gasteiger partial charge in [-0.3, -0.25) is 0 Å². The standard InChI is InChI=1S/C51H35NOS/c1-51(2)41-16-6-3-11-33(41)34-24-21-31(28-42(34)51)30-22-25-44-39(27-30)35-12-4-7-17-43(35)52(44)32-23-26-45-40(29-32)49-36(14-9-18-46(49)53-45)37-15-10-20-48-50(37)38-13-5-8-19-47(38)54-48/h3-8,10-13,15-29H,9,14H2,1-2H3. The zero-order chi connectivity index (χ0) is 35.7. The van der Waals surface area contributed by atoms with Crippen LogP contribution in [0.1, 0.15) is 43.4 Å². The topological polar surface area (TPSA) is 18.1 Å². The first-order chi connectivity index (χ1) is 26.5. The maximum absolute atomic E-state index is 6.62. The Morgan fingerprint density at radius 2 is 1.31 bits per heavy atom. The average Bonchev–Trinajstić information content (AvgIpc) is 3.94. The molecule has 7 aromatic carbocycles. The summed E-state index contributed by atoms with van der Waals surface area (Å²) in [6, 6.07) is 54.2. The molecule has 0 saturated heterocycles. The van der Waals surface area contributed by atoms with Gasteiger partial charge in [-0.2, -0.15) is 0 Å². The van der Waals surface area contributed by atoms with Gasteiger partial charge in [-0.1, -0.05) is 105 Å². The van der Waals surface area contributed by atoms with Gasteiger partial charge in [0.15, 0.2) is 0 Å². The number of hydrogen-bond donors (Lipinski definition) is 0. The summed E-state index contributed by atoms with van der Waals surface area (Å²) < 4.78 is 11.7. The normalized spacial score (nSPS) is 14.6. The molecule has 54 heavy (non-hydrogen) atoms. The van der Waals surface area contributed by atoms with Crippen molar-refractivity contribution in [2.45, 2.75) is 32.1 Å². The Bertz CT molecular complexity index is 3370. The Labute approximate surface area is 316 Å². The van der Waals surface area contributed by atoms with Gasteiger partial charge in [-0.25, -0.2) is 0 Å². The molecule has 2 aliphatic carbocycles. The summed E-state index contributed by atoms with van der Waals surface area (Å²) in [5, 5.41) is 7.64. The van der Waals surface area contributed by atoms with Crippen molar-refractivity contribution in [3.8, 4) is 27.9 Å². The van der Waals surface area contributed by atoms with E-state index >= 15 is 0 Å². The van der Waals surface area contributed by atoms with Crippen molar-refractivity contribution in [3.63, 3.8) is 0 Å². The Morgan fingerprint density at radius 3 is 2.26 bits per heavy atom. The number of para-hydroxylation sites is 1.